The third-order valence-corrected chi connectivity index (χ3v) is 2.80. The van der Waals surface area contributed by atoms with Crippen molar-refractivity contribution in [1.82, 2.24) is 4.90 Å². The molecule has 0 heterocycles. The molecule has 0 fully saturated rings. The van der Waals surface area contributed by atoms with E-state index in [1.54, 1.807) is 0 Å². The summed E-state index contributed by atoms with van der Waals surface area (Å²) in [5.41, 5.74) is 1.16. The molecule has 0 spiro atoms. The average Bonchev–Trinajstić information content (AvgIpc) is 2.37. The minimum absolute atomic E-state index is 0.155. The van der Waals surface area contributed by atoms with Gasteiger partial charge in [0, 0.05) is 19.2 Å². The second-order valence-corrected chi connectivity index (χ2v) is 4.55. The van der Waals surface area contributed by atoms with Crippen LogP contribution in [-0.2, 0) is 16.1 Å². The molecule has 0 bridgehead atoms. The summed E-state index contributed by atoms with van der Waals surface area (Å²) < 4.78 is 5.24. The number of ether oxygens (including phenoxy) is 1. The fourth-order valence-electron chi connectivity index (χ4n) is 1.79. The van der Waals surface area contributed by atoms with Gasteiger partial charge >= 0.3 is 0 Å². The highest BCUT2D eigenvalue weighted by Gasteiger charge is 2.16. The summed E-state index contributed by atoms with van der Waals surface area (Å²) in [5.74, 6) is 0.155. The fraction of sp³-hybridized carbons (Fsp3) is 0.533. The van der Waals surface area contributed by atoms with Crippen molar-refractivity contribution in [3.8, 4) is 0 Å². The average molecular weight is 249 g/mol. The molecule has 0 aliphatic heterocycles. The van der Waals surface area contributed by atoms with Crippen LogP contribution in [0.3, 0.4) is 0 Å². The highest BCUT2D eigenvalue weighted by Crippen LogP contribution is 2.10. The van der Waals surface area contributed by atoms with Crippen LogP contribution in [0.5, 0.6) is 0 Å². The van der Waals surface area contributed by atoms with E-state index in [1.165, 1.54) is 0 Å². The van der Waals surface area contributed by atoms with Crippen molar-refractivity contribution in [3.63, 3.8) is 0 Å². The largest absolute Gasteiger partial charge is 0.381 e. The molecule has 1 amide bonds. The third-order valence-electron chi connectivity index (χ3n) is 2.80. The Labute approximate surface area is 110 Å². The van der Waals surface area contributed by atoms with E-state index >= 15 is 0 Å². The molecule has 0 unspecified atom stereocenters. The lowest BCUT2D eigenvalue weighted by Gasteiger charge is -2.27. The summed E-state index contributed by atoms with van der Waals surface area (Å²) in [6.07, 6.45) is 0.457. The first kappa shape index (κ1) is 14.7. The van der Waals surface area contributed by atoms with Gasteiger partial charge in [-0.2, -0.15) is 0 Å². The zero-order chi connectivity index (χ0) is 13.4. The summed E-state index contributed by atoms with van der Waals surface area (Å²) in [6, 6.07) is 10.3. The van der Waals surface area contributed by atoms with E-state index in [9.17, 15) is 4.79 Å². The molecule has 100 valence electrons. The molecule has 0 aliphatic rings. The van der Waals surface area contributed by atoms with Crippen LogP contribution in [0.25, 0.3) is 0 Å². The van der Waals surface area contributed by atoms with Gasteiger partial charge < -0.3 is 9.64 Å². The van der Waals surface area contributed by atoms with Crippen molar-refractivity contribution in [3.05, 3.63) is 35.9 Å². The van der Waals surface area contributed by atoms with Gasteiger partial charge in [-0.05, 0) is 26.3 Å². The van der Waals surface area contributed by atoms with Gasteiger partial charge in [-0.1, -0.05) is 30.3 Å². The third kappa shape index (κ3) is 4.88. The number of carbonyl (C=O) groups is 1. The number of carbonyl (C=O) groups excluding carboxylic acids is 1. The van der Waals surface area contributed by atoms with E-state index in [2.05, 4.69) is 0 Å². The van der Waals surface area contributed by atoms with Crippen LogP contribution in [0.4, 0.5) is 0 Å². The molecule has 1 aromatic rings. The Bertz CT molecular complexity index is 349. The molecular weight excluding hydrogens is 226 g/mol. The van der Waals surface area contributed by atoms with Crippen molar-refractivity contribution < 1.29 is 9.53 Å². The quantitative estimate of drug-likeness (QED) is 0.695. The summed E-state index contributed by atoms with van der Waals surface area (Å²) in [7, 11) is 0. The Balaban J connectivity index is 2.57. The standard InChI is InChI=1S/C15H23NO2/c1-4-18-11-10-15(17)16(13(2)3)12-14-8-6-5-7-9-14/h5-9,13H,4,10-12H2,1-3H3. The molecule has 3 heteroatoms. The Hall–Kier alpha value is -1.35. The van der Waals surface area contributed by atoms with Crippen molar-refractivity contribution in [1.29, 1.82) is 0 Å². The van der Waals surface area contributed by atoms with E-state index in [0.717, 1.165) is 5.56 Å². The number of nitrogens with zero attached hydrogens (tertiary/aromatic N) is 1. The molecule has 0 aliphatic carbocycles. The number of hydrogen-bond donors (Lipinski definition) is 0. The predicted octanol–water partition coefficient (Wildman–Crippen LogP) is 2.85. The van der Waals surface area contributed by atoms with Gasteiger partial charge in [0.1, 0.15) is 0 Å². The molecule has 18 heavy (non-hydrogen) atoms. The molecule has 0 atom stereocenters. The molecule has 0 radical (unpaired) electrons. The Kier molecular flexibility index (Phi) is 6.44. The Morgan fingerprint density at radius 3 is 2.50 bits per heavy atom. The van der Waals surface area contributed by atoms with Crippen LogP contribution in [0.15, 0.2) is 30.3 Å². The summed E-state index contributed by atoms with van der Waals surface area (Å²) in [6.45, 7) is 7.86. The lowest BCUT2D eigenvalue weighted by Crippen LogP contribution is -2.36. The molecule has 0 N–H and O–H groups in total. The van der Waals surface area contributed by atoms with Crippen molar-refractivity contribution in [2.45, 2.75) is 39.8 Å². The normalized spacial score (nSPS) is 10.7. The van der Waals surface area contributed by atoms with Crippen molar-refractivity contribution in [2.24, 2.45) is 0 Å². The monoisotopic (exact) mass is 249 g/mol. The molecule has 0 saturated heterocycles. The predicted molar refractivity (Wildman–Crippen MR) is 73.2 cm³/mol. The van der Waals surface area contributed by atoms with Gasteiger partial charge in [-0.3, -0.25) is 4.79 Å². The lowest BCUT2D eigenvalue weighted by molar-refractivity contribution is -0.134. The van der Waals surface area contributed by atoms with Gasteiger partial charge in [-0.25, -0.2) is 0 Å². The van der Waals surface area contributed by atoms with E-state index in [1.807, 2.05) is 56.0 Å². The van der Waals surface area contributed by atoms with Gasteiger partial charge in [0.05, 0.1) is 13.0 Å². The summed E-state index contributed by atoms with van der Waals surface area (Å²) in [4.78, 5) is 14.0. The van der Waals surface area contributed by atoms with E-state index in [4.69, 9.17) is 4.74 Å². The zero-order valence-electron chi connectivity index (χ0n) is 11.6. The topological polar surface area (TPSA) is 29.5 Å². The smallest absolute Gasteiger partial charge is 0.225 e. The molecule has 0 saturated carbocycles. The highest BCUT2D eigenvalue weighted by atomic mass is 16.5. The van der Waals surface area contributed by atoms with Crippen LogP contribution in [-0.4, -0.2) is 30.1 Å². The van der Waals surface area contributed by atoms with Gasteiger partial charge in [-0.15, -0.1) is 0 Å². The minimum Gasteiger partial charge on any atom is -0.381 e. The molecular formula is C15H23NO2. The minimum atomic E-state index is 0.155. The van der Waals surface area contributed by atoms with Crippen LogP contribution in [0.2, 0.25) is 0 Å². The number of benzene rings is 1. The summed E-state index contributed by atoms with van der Waals surface area (Å²) in [5, 5.41) is 0. The van der Waals surface area contributed by atoms with Gasteiger partial charge in [0.2, 0.25) is 5.91 Å². The first-order valence-electron chi connectivity index (χ1n) is 6.56. The second-order valence-electron chi connectivity index (χ2n) is 4.55. The number of rotatable bonds is 7. The maximum atomic E-state index is 12.1. The van der Waals surface area contributed by atoms with E-state index < -0.39 is 0 Å². The van der Waals surface area contributed by atoms with E-state index in [0.29, 0.717) is 26.2 Å². The highest BCUT2D eigenvalue weighted by molar-refractivity contribution is 5.76. The second kappa shape index (κ2) is 7.88. The van der Waals surface area contributed by atoms with Crippen LogP contribution in [0.1, 0.15) is 32.8 Å². The Morgan fingerprint density at radius 1 is 1.28 bits per heavy atom. The first-order chi connectivity index (χ1) is 8.65. The van der Waals surface area contributed by atoms with Crippen molar-refractivity contribution >= 4 is 5.91 Å². The fourth-order valence-corrected chi connectivity index (χ4v) is 1.79. The summed E-state index contributed by atoms with van der Waals surface area (Å²) >= 11 is 0. The maximum Gasteiger partial charge on any atom is 0.225 e. The molecule has 1 rings (SSSR count). The van der Waals surface area contributed by atoms with E-state index in [-0.39, 0.29) is 11.9 Å². The number of hydrogen-bond acceptors (Lipinski definition) is 2. The Morgan fingerprint density at radius 2 is 1.94 bits per heavy atom. The maximum absolute atomic E-state index is 12.1. The van der Waals surface area contributed by atoms with Crippen LogP contribution in [0, 0.1) is 0 Å². The molecule has 0 aromatic heterocycles. The first-order valence-corrected chi connectivity index (χ1v) is 6.56. The van der Waals surface area contributed by atoms with Crippen molar-refractivity contribution in [2.75, 3.05) is 13.2 Å². The zero-order valence-corrected chi connectivity index (χ0v) is 11.6. The molecule has 3 nitrogen and oxygen atoms in total. The lowest BCUT2D eigenvalue weighted by atomic mass is 10.2. The van der Waals surface area contributed by atoms with Crippen LogP contribution >= 0.6 is 0 Å². The van der Waals surface area contributed by atoms with Gasteiger partial charge in [0.25, 0.3) is 0 Å². The van der Waals surface area contributed by atoms with Gasteiger partial charge in [0.15, 0.2) is 0 Å². The van der Waals surface area contributed by atoms with Crippen LogP contribution < -0.4 is 0 Å². The SMILES string of the molecule is CCOCCC(=O)N(Cc1ccccc1)C(C)C. The molecule has 1 aromatic carbocycles. The number of amides is 1.